The zero-order valence-corrected chi connectivity index (χ0v) is 14.5. The van der Waals surface area contributed by atoms with Crippen LogP contribution in [-0.2, 0) is 10.2 Å². The SMILES string of the molecule is COCCNCCC(C)(C)c1cc(Br)sc1Br. The number of hydrogen-bond donors (Lipinski definition) is 1. The number of thiophene rings is 1. The van der Waals surface area contributed by atoms with Crippen molar-refractivity contribution in [3.8, 4) is 0 Å². The van der Waals surface area contributed by atoms with E-state index in [2.05, 4.69) is 57.1 Å². The van der Waals surface area contributed by atoms with Gasteiger partial charge < -0.3 is 10.1 Å². The van der Waals surface area contributed by atoms with Crippen LogP contribution < -0.4 is 5.32 Å². The van der Waals surface area contributed by atoms with Gasteiger partial charge in [-0.15, -0.1) is 11.3 Å². The minimum absolute atomic E-state index is 0.182. The van der Waals surface area contributed by atoms with E-state index in [0.29, 0.717) is 0 Å². The Morgan fingerprint density at radius 3 is 2.59 bits per heavy atom. The summed E-state index contributed by atoms with van der Waals surface area (Å²) in [6, 6.07) is 2.21. The van der Waals surface area contributed by atoms with Crippen molar-refractivity contribution in [1.29, 1.82) is 0 Å². The van der Waals surface area contributed by atoms with Gasteiger partial charge in [0, 0.05) is 13.7 Å². The fraction of sp³-hybridized carbons (Fsp3) is 0.667. The Morgan fingerprint density at radius 1 is 1.35 bits per heavy atom. The molecule has 0 unspecified atom stereocenters. The maximum atomic E-state index is 5.01. The van der Waals surface area contributed by atoms with E-state index in [1.165, 1.54) is 13.1 Å². The van der Waals surface area contributed by atoms with Gasteiger partial charge in [-0.3, -0.25) is 0 Å². The van der Waals surface area contributed by atoms with Gasteiger partial charge in [0.15, 0.2) is 0 Å². The van der Waals surface area contributed by atoms with E-state index in [9.17, 15) is 0 Å². The summed E-state index contributed by atoms with van der Waals surface area (Å²) in [4.78, 5) is 0. The highest BCUT2D eigenvalue weighted by Gasteiger charge is 2.24. The van der Waals surface area contributed by atoms with Crippen molar-refractivity contribution >= 4 is 43.2 Å². The van der Waals surface area contributed by atoms with Crippen LogP contribution in [0.4, 0.5) is 0 Å². The van der Waals surface area contributed by atoms with Crippen LogP contribution >= 0.6 is 43.2 Å². The second-order valence-corrected chi connectivity index (χ2v) is 8.36. The average Bonchev–Trinajstić information content (AvgIpc) is 2.58. The highest BCUT2D eigenvalue weighted by molar-refractivity contribution is 9.12. The predicted molar refractivity (Wildman–Crippen MR) is 82.1 cm³/mol. The van der Waals surface area contributed by atoms with Crippen molar-refractivity contribution in [2.45, 2.75) is 25.7 Å². The first-order valence-electron chi connectivity index (χ1n) is 5.62. The summed E-state index contributed by atoms with van der Waals surface area (Å²) in [6.07, 6.45) is 1.11. The Hall–Kier alpha value is 0.580. The molecule has 1 aromatic heterocycles. The Morgan fingerprint density at radius 2 is 2.06 bits per heavy atom. The smallest absolute Gasteiger partial charge is 0.0747 e. The molecule has 0 aliphatic carbocycles. The first-order chi connectivity index (χ1) is 7.97. The minimum Gasteiger partial charge on any atom is -0.383 e. The predicted octanol–water partition coefficient (Wildman–Crippen LogP) is 4.18. The van der Waals surface area contributed by atoms with Crippen LogP contribution in [0.2, 0.25) is 0 Å². The fourth-order valence-electron chi connectivity index (χ4n) is 1.64. The van der Waals surface area contributed by atoms with Crippen LogP contribution in [0.25, 0.3) is 0 Å². The van der Waals surface area contributed by atoms with Crippen molar-refractivity contribution in [2.24, 2.45) is 0 Å². The normalized spacial score (nSPS) is 12.1. The molecule has 0 amide bonds. The summed E-state index contributed by atoms with van der Waals surface area (Å²) in [5, 5.41) is 3.39. The standard InChI is InChI=1S/C12H19Br2NOS/c1-12(2,4-5-15-6-7-16-3)9-8-10(13)17-11(9)14/h8,15H,4-7H2,1-3H3. The third-order valence-corrected chi connectivity index (χ3v) is 5.13. The quantitative estimate of drug-likeness (QED) is 0.712. The molecule has 2 nitrogen and oxygen atoms in total. The van der Waals surface area contributed by atoms with Crippen LogP contribution in [0.5, 0.6) is 0 Å². The van der Waals surface area contributed by atoms with Gasteiger partial charge in [0.05, 0.1) is 14.2 Å². The van der Waals surface area contributed by atoms with Crippen molar-refractivity contribution in [2.75, 3.05) is 26.8 Å². The maximum Gasteiger partial charge on any atom is 0.0747 e. The lowest BCUT2D eigenvalue weighted by Gasteiger charge is -2.24. The van der Waals surface area contributed by atoms with Crippen molar-refractivity contribution in [3.05, 3.63) is 19.2 Å². The van der Waals surface area contributed by atoms with Gasteiger partial charge in [-0.25, -0.2) is 0 Å². The van der Waals surface area contributed by atoms with Crippen LogP contribution in [-0.4, -0.2) is 26.8 Å². The molecule has 0 spiro atoms. The molecule has 5 heteroatoms. The van der Waals surface area contributed by atoms with Gasteiger partial charge in [0.1, 0.15) is 0 Å². The zero-order chi connectivity index (χ0) is 12.9. The highest BCUT2D eigenvalue weighted by Crippen LogP contribution is 2.40. The molecule has 1 heterocycles. The Bertz CT molecular complexity index is 352. The average molecular weight is 385 g/mol. The second kappa shape index (κ2) is 7.24. The first kappa shape index (κ1) is 15.6. The molecule has 0 bridgehead atoms. The zero-order valence-electron chi connectivity index (χ0n) is 10.5. The van der Waals surface area contributed by atoms with E-state index in [-0.39, 0.29) is 5.41 Å². The molecule has 0 saturated heterocycles. The number of hydrogen-bond acceptors (Lipinski definition) is 3. The molecule has 98 valence electrons. The largest absolute Gasteiger partial charge is 0.383 e. The molecule has 0 fully saturated rings. The molecule has 17 heavy (non-hydrogen) atoms. The van der Waals surface area contributed by atoms with Gasteiger partial charge in [-0.2, -0.15) is 0 Å². The number of methoxy groups -OCH3 is 1. The number of halogens is 2. The monoisotopic (exact) mass is 383 g/mol. The summed E-state index contributed by atoms with van der Waals surface area (Å²) in [5.74, 6) is 0. The van der Waals surface area contributed by atoms with E-state index in [0.717, 1.165) is 26.1 Å². The lowest BCUT2D eigenvalue weighted by molar-refractivity contribution is 0.198. The molecule has 1 rings (SSSR count). The van der Waals surface area contributed by atoms with Gasteiger partial charge in [0.2, 0.25) is 0 Å². The van der Waals surface area contributed by atoms with Crippen LogP contribution in [0.1, 0.15) is 25.8 Å². The summed E-state index contributed by atoms with van der Waals surface area (Å²) >= 11 is 8.91. The van der Waals surface area contributed by atoms with E-state index >= 15 is 0 Å². The van der Waals surface area contributed by atoms with Crippen LogP contribution in [0.15, 0.2) is 13.6 Å². The Balaban J connectivity index is 2.48. The highest BCUT2D eigenvalue weighted by atomic mass is 79.9. The van der Waals surface area contributed by atoms with Gasteiger partial charge in [0.25, 0.3) is 0 Å². The molecular weight excluding hydrogens is 366 g/mol. The molecule has 1 N–H and O–H groups in total. The number of ether oxygens (including phenoxy) is 1. The third-order valence-electron chi connectivity index (χ3n) is 2.80. The molecule has 0 radical (unpaired) electrons. The van der Waals surface area contributed by atoms with E-state index < -0.39 is 0 Å². The van der Waals surface area contributed by atoms with Crippen molar-refractivity contribution in [3.63, 3.8) is 0 Å². The molecule has 0 aliphatic heterocycles. The van der Waals surface area contributed by atoms with Crippen LogP contribution in [0.3, 0.4) is 0 Å². The molecule has 0 saturated carbocycles. The number of nitrogens with one attached hydrogen (secondary N) is 1. The summed E-state index contributed by atoms with van der Waals surface area (Å²) in [6.45, 7) is 7.26. The molecular formula is C12H19Br2NOS. The van der Waals surface area contributed by atoms with E-state index in [1.54, 1.807) is 18.4 Å². The molecule has 0 aliphatic rings. The Labute approximate surface area is 124 Å². The third kappa shape index (κ3) is 4.99. The fourth-order valence-corrected chi connectivity index (χ4v) is 4.97. The topological polar surface area (TPSA) is 21.3 Å². The van der Waals surface area contributed by atoms with Crippen molar-refractivity contribution < 1.29 is 4.74 Å². The van der Waals surface area contributed by atoms with Crippen LogP contribution in [0, 0.1) is 0 Å². The maximum absolute atomic E-state index is 5.01. The summed E-state index contributed by atoms with van der Waals surface area (Å²) in [5.41, 5.74) is 1.56. The van der Waals surface area contributed by atoms with Crippen molar-refractivity contribution in [1.82, 2.24) is 5.32 Å². The summed E-state index contributed by atoms with van der Waals surface area (Å²) < 4.78 is 7.41. The second-order valence-electron chi connectivity index (χ2n) is 4.61. The van der Waals surface area contributed by atoms with E-state index in [1.807, 2.05) is 0 Å². The molecule has 1 aromatic rings. The molecule has 0 aromatic carbocycles. The van der Waals surface area contributed by atoms with Gasteiger partial charge >= 0.3 is 0 Å². The van der Waals surface area contributed by atoms with Gasteiger partial charge in [-0.05, 0) is 61.9 Å². The molecule has 0 atom stereocenters. The van der Waals surface area contributed by atoms with E-state index in [4.69, 9.17) is 4.74 Å². The van der Waals surface area contributed by atoms with Gasteiger partial charge in [-0.1, -0.05) is 13.8 Å². The Kier molecular flexibility index (Phi) is 6.66. The first-order valence-corrected chi connectivity index (χ1v) is 8.02. The number of rotatable bonds is 7. The summed E-state index contributed by atoms with van der Waals surface area (Å²) in [7, 11) is 1.73. The lowest BCUT2D eigenvalue weighted by Crippen LogP contribution is -2.27. The lowest BCUT2D eigenvalue weighted by atomic mass is 9.83. The minimum atomic E-state index is 0.182.